The summed E-state index contributed by atoms with van der Waals surface area (Å²) < 4.78 is 20.3. The maximum Gasteiger partial charge on any atom is 0.410 e. The molecule has 3 rings (SSSR count). The molecule has 0 spiro atoms. The Morgan fingerprint density at radius 1 is 1.38 bits per heavy atom. The monoisotopic (exact) mass is 292 g/mol. The molecule has 1 fully saturated rings. The Bertz CT molecular complexity index is 692. The molecule has 1 atom stereocenters. The molecule has 1 aliphatic rings. The van der Waals surface area contributed by atoms with E-state index in [-0.39, 0.29) is 18.0 Å². The molecule has 0 aliphatic carbocycles. The van der Waals surface area contributed by atoms with Crippen molar-refractivity contribution in [2.45, 2.75) is 38.8 Å². The van der Waals surface area contributed by atoms with E-state index in [1.807, 2.05) is 20.8 Å². The summed E-state index contributed by atoms with van der Waals surface area (Å²) in [5.41, 5.74) is 0.0124. The van der Waals surface area contributed by atoms with Crippen LogP contribution in [0.1, 0.15) is 39.1 Å². The van der Waals surface area contributed by atoms with Crippen molar-refractivity contribution >= 4 is 11.7 Å². The lowest BCUT2D eigenvalue weighted by Gasteiger charge is -2.40. The minimum atomic E-state index is -0.545. The van der Waals surface area contributed by atoms with E-state index in [9.17, 15) is 9.18 Å². The average molecular weight is 292 g/mol. The van der Waals surface area contributed by atoms with Crippen LogP contribution in [0.5, 0.6) is 0 Å². The van der Waals surface area contributed by atoms with E-state index in [2.05, 4.69) is 10.2 Å². The molecule has 6 nitrogen and oxygen atoms in total. The maximum absolute atomic E-state index is 13.4. The van der Waals surface area contributed by atoms with Crippen molar-refractivity contribution in [3.8, 4) is 0 Å². The number of aromatic nitrogens is 3. The van der Waals surface area contributed by atoms with Crippen LogP contribution in [0.25, 0.3) is 5.65 Å². The van der Waals surface area contributed by atoms with Gasteiger partial charge in [-0.05, 0) is 39.3 Å². The summed E-state index contributed by atoms with van der Waals surface area (Å²) in [5, 5.41) is 8.08. The second-order valence-electron chi connectivity index (χ2n) is 6.11. The SMILES string of the molecule is CC(C)(C)OC(=O)N1CCC1c1nnc2ccc(F)cn12. The van der Waals surface area contributed by atoms with Crippen LogP contribution in [-0.4, -0.2) is 37.7 Å². The summed E-state index contributed by atoms with van der Waals surface area (Å²) in [7, 11) is 0. The van der Waals surface area contributed by atoms with Gasteiger partial charge >= 0.3 is 6.09 Å². The summed E-state index contributed by atoms with van der Waals surface area (Å²) in [6.07, 6.45) is 1.71. The zero-order valence-electron chi connectivity index (χ0n) is 12.2. The van der Waals surface area contributed by atoms with Crippen LogP contribution < -0.4 is 0 Å². The molecule has 0 aromatic carbocycles. The van der Waals surface area contributed by atoms with E-state index in [4.69, 9.17) is 4.74 Å². The lowest BCUT2D eigenvalue weighted by Crippen LogP contribution is -2.48. The number of pyridine rings is 1. The van der Waals surface area contributed by atoms with Gasteiger partial charge in [-0.3, -0.25) is 9.30 Å². The average Bonchev–Trinajstić information content (AvgIpc) is 2.68. The standard InChI is InChI=1S/C14H17FN4O2/c1-14(2,3)21-13(20)18-7-6-10(18)12-17-16-11-5-4-9(15)8-19(11)12/h4-5,8,10H,6-7H2,1-3H3. The minimum Gasteiger partial charge on any atom is -0.444 e. The molecule has 0 saturated carbocycles. The third kappa shape index (κ3) is 2.55. The van der Waals surface area contributed by atoms with Crippen LogP contribution in [0.15, 0.2) is 18.3 Å². The fraction of sp³-hybridized carbons (Fsp3) is 0.500. The number of amides is 1. The number of rotatable bonds is 1. The molecule has 2 aromatic heterocycles. The maximum atomic E-state index is 13.4. The van der Waals surface area contributed by atoms with Crippen molar-refractivity contribution in [1.29, 1.82) is 0 Å². The van der Waals surface area contributed by atoms with Crippen molar-refractivity contribution in [3.05, 3.63) is 30.0 Å². The molecule has 1 amide bonds. The molecule has 7 heteroatoms. The topological polar surface area (TPSA) is 59.7 Å². The number of carbonyl (C=O) groups excluding carboxylic acids is 1. The molecular formula is C14H17FN4O2. The van der Waals surface area contributed by atoms with Crippen LogP contribution in [0.3, 0.4) is 0 Å². The molecule has 1 saturated heterocycles. The highest BCUT2D eigenvalue weighted by Crippen LogP contribution is 2.33. The predicted octanol–water partition coefficient (Wildman–Crippen LogP) is 2.55. The van der Waals surface area contributed by atoms with Gasteiger partial charge in [-0.15, -0.1) is 10.2 Å². The first kappa shape index (κ1) is 13.8. The Balaban J connectivity index is 1.86. The number of hydrogen-bond donors (Lipinski definition) is 0. The number of carbonyl (C=O) groups is 1. The van der Waals surface area contributed by atoms with Gasteiger partial charge in [-0.2, -0.15) is 0 Å². The van der Waals surface area contributed by atoms with Crippen molar-refractivity contribution < 1.29 is 13.9 Å². The third-order valence-corrected chi connectivity index (χ3v) is 3.34. The van der Waals surface area contributed by atoms with Crippen molar-refractivity contribution in [3.63, 3.8) is 0 Å². The summed E-state index contributed by atoms with van der Waals surface area (Å²) in [5.74, 6) is 0.188. The Morgan fingerprint density at radius 3 is 2.76 bits per heavy atom. The lowest BCUT2D eigenvalue weighted by molar-refractivity contribution is -0.00756. The van der Waals surface area contributed by atoms with Gasteiger partial charge in [0, 0.05) is 12.7 Å². The molecule has 0 bridgehead atoms. The number of halogens is 1. The Hall–Kier alpha value is -2.18. The fourth-order valence-corrected chi connectivity index (χ4v) is 2.30. The van der Waals surface area contributed by atoms with Gasteiger partial charge in [0.15, 0.2) is 11.5 Å². The first-order valence-corrected chi connectivity index (χ1v) is 6.85. The molecule has 112 valence electrons. The molecule has 1 aliphatic heterocycles. The van der Waals surface area contributed by atoms with Crippen LogP contribution in [0.4, 0.5) is 9.18 Å². The molecule has 21 heavy (non-hydrogen) atoms. The highest BCUT2D eigenvalue weighted by Gasteiger charge is 2.39. The number of nitrogens with zero attached hydrogens (tertiary/aromatic N) is 4. The summed E-state index contributed by atoms with van der Waals surface area (Å²) >= 11 is 0. The highest BCUT2D eigenvalue weighted by molar-refractivity contribution is 5.69. The minimum absolute atomic E-state index is 0.225. The van der Waals surface area contributed by atoms with Gasteiger partial charge < -0.3 is 4.74 Å². The Morgan fingerprint density at radius 2 is 2.14 bits per heavy atom. The molecule has 1 unspecified atom stereocenters. The fourth-order valence-electron chi connectivity index (χ4n) is 2.30. The first-order chi connectivity index (χ1) is 9.85. The van der Waals surface area contributed by atoms with Crippen LogP contribution in [0.2, 0.25) is 0 Å². The smallest absolute Gasteiger partial charge is 0.410 e. The Kier molecular flexibility index (Phi) is 3.07. The second kappa shape index (κ2) is 4.68. The van der Waals surface area contributed by atoms with E-state index in [1.165, 1.54) is 12.3 Å². The van der Waals surface area contributed by atoms with Crippen molar-refractivity contribution in [2.24, 2.45) is 0 Å². The highest BCUT2D eigenvalue weighted by atomic mass is 19.1. The molecule has 3 heterocycles. The summed E-state index contributed by atoms with van der Waals surface area (Å²) in [6.45, 7) is 6.06. The molecule has 0 N–H and O–H groups in total. The normalized spacial score (nSPS) is 18.7. The van der Waals surface area contributed by atoms with E-state index < -0.39 is 5.60 Å². The van der Waals surface area contributed by atoms with E-state index in [0.29, 0.717) is 18.0 Å². The van der Waals surface area contributed by atoms with Gasteiger partial charge in [0.2, 0.25) is 0 Å². The van der Waals surface area contributed by atoms with E-state index in [0.717, 1.165) is 6.42 Å². The molecule has 2 aromatic rings. The number of likely N-dealkylation sites (tertiary alicyclic amines) is 1. The van der Waals surface area contributed by atoms with Gasteiger partial charge in [0.05, 0.1) is 6.04 Å². The van der Waals surface area contributed by atoms with Crippen LogP contribution in [0, 0.1) is 5.82 Å². The lowest BCUT2D eigenvalue weighted by atomic mass is 10.0. The summed E-state index contributed by atoms with van der Waals surface area (Å²) in [6, 6.07) is 2.67. The van der Waals surface area contributed by atoms with Gasteiger partial charge in [0.1, 0.15) is 11.4 Å². The third-order valence-electron chi connectivity index (χ3n) is 3.34. The van der Waals surface area contributed by atoms with E-state index >= 15 is 0 Å². The molecule has 0 radical (unpaired) electrons. The zero-order valence-corrected chi connectivity index (χ0v) is 12.2. The van der Waals surface area contributed by atoms with Gasteiger partial charge in [-0.1, -0.05) is 0 Å². The van der Waals surface area contributed by atoms with Crippen LogP contribution >= 0.6 is 0 Å². The quantitative estimate of drug-likeness (QED) is 0.810. The summed E-state index contributed by atoms with van der Waals surface area (Å²) in [4.78, 5) is 13.7. The predicted molar refractivity (Wildman–Crippen MR) is 73.2 cm³/mol. The van der Waals surface area contributed by atoms with Gasteiger partial charge in [0.25, 0.3) is 0 Å². The first-order valence-electron chi connectivity index (χ1n) is 6.85. The van der Waals surface area contributed by atoms with Crippen molar-refractivity contribution in [1.82, 2.24) is 19.5 Å². The van der Waals surface area contributed by atoms with Crippen molar-refractivity contribution in [2.75, 3.05) is 6.54 Å². The number of hydrogen-bond acceptors (Lipinski definition) is 4. The second-order valence-corrected chi connectivity index (χ2v) is 6.11. The number of ether oxygens (including phenoxy) is 1. The molecular weight excluding hydrogens is 275 g/mol. The zero-order chi connectivity index (χ0) is 15.2. The number of fused-ring (bicyclic) bond motifs is 1. The Labute approximate surface area is 121 Å². The largest absolute Gasteiger partial charge is 0.444 e. The van der Waals surface area contributed by atoms with E-state index in [1.54, 1.807) is 15.4 Å². The van der Waals surface area contributed by atoms with Gasteiger partial charge in [-0.25, -0.2) is 9.18 Å². The van der Waals surface area contributed by atoms with Crippen LogP contribution in [-0.2, 0) is 4.74 Å².